The van der Waals surface area contributed by atoms with Gasteiger partial charge < -0.3 is 10.2 Å². The fourth-order valence-electron chi connectivity index (χ4n) is 3.54. The highest BCUT2D eigenvalue weighted by Gasteiger charge is 2.46. The Labute approximate surface area is 157 Å². The molecule has 1 saturated carbocycles. The van der Waals surface area contributed by atoms with E-state index < -0.39 is 23.8 Å². The van der Waals surface area contributed by atoms with Crippen molar-refractivity contribution < 1.29 is 18.0 Å². The van der Waals surface area contributed by atoms with Gasteiger partial charge in [-0.05, 0) is 35.7 Å². The maximum absolute atomic E-state index is 13.7. The minimum absolute atomic E-state index is 0.343. The van der Waals surface area contributed by atoms with E-state index in [9.17, 15) is 18.0 Å². The van der Waals surface area contributed by atoms with Gasteiger partial charge in [0.25, 0.3) is 5.92 Å². The van der Waals surface area contributed by atoms with Crippen LogP contribution in [-0.4, -0.2) is 24.9 Å². The van der Waals surface area contributed by atoms with Crippen LogP contribution in [0, 0.1) is 5.82 Å². The largest absolute Gasteiger partial charge is 0.359 e. The van der Waals surface area contributed by atoms with Crippen LogP contribution in [0.15, 0.2) is 48.5 Å². The molecule has 1 atom stereocenters. The summed E-state index contributed by atoms with van der Waals surface area (Å²) in [6.45, 7) is 1.99. The summed E-state index contributed by atoms with van der Waals surface area (Å²) in [6.07, 6.45) is 0.0353. The second-order valence-corrected chi connectivity index (χ2v) is 7.02. The number of nitrogens with one attached hydrogen (secondary N) is 1. The van der Waals surface area contributed by atoms with Gasteiger partial charge in [0.2, 0.25) is 5.91 Å². The van der Waals surface area contributed by atoms with Crippen LogP contribution >= 0.6 is 0 Å². The van der Waals surface area contributed by atoms with Gasteiger partial charge in [0.1, 0.15) is 11.9 Å². The Morgan fingerprint density at radius 3 is 2.56 bits per heavy atom. The smallest absolute Gasteiger partial charge is 0.252 e. The highest BCUT2D eigenvalue weighted by molar-refractivity contribution is 5.87. The zero-order chi connectivity index (χ0) is 19.6. The molecule has 1 unspecified atom stereocenters. The first-order valence-corrected chi connectivity index (χ1v) is 9.05. The summed E-state index contributed by atoms with van der Waals surface area (Å²) in [5.41, 5.74) is 2.31. The van der Waals surface area contributed by atoms with Crippen molar-refractivity contribution in [3.05, 3.63) is 65.5 Å². The molecular formula is C21H23F3N2O. The van der Waals surface area contributed by atoms with Crippen molar-refractivity contribution in [1.82, 2.24) is 5.32 Å². The molecule has 144 valence electrons. The Bertz CT molecular complexity index is 817. The number of carbonyl (C=O) groups excluding carboxylic acids is 1. The van der Waals surface area contributed by atoms with E-state index in [1.54, 1.807) is 24.1 Å². The monoisotopic (exact) mass is 376 g/mol. The molecule has 2 aromatic rings. The van der Waals surface area contributed by atoms with Crippen LogP contribution in [0.25, 0.3) is 0 Å². The van der Waals surface area contributed by atoms with E-state index in [2.05, 4.69) is 5.32 Å². The van der Waals surface area contributed by atoms with E-state index in [0.717, 1.165) is 17.5 Å². The summed E-state index contributed by atoms with van der Waals surface area (Å²) < 4.78 is 40.0. The number of anilines is 1. The average molecular weight is 376 g/mol. The highest BCUT2D eigenvalue weighted by Crippen LogP contribution is 2.38. The van der Waals surface area contributed by atoms with Crippen molar-refractivity contribution in [1.29, 1.82) is 0 Å². The highest BCUT2D eigenvalue weighted by atomic mass is 19.3. The summed E-state index contributed by atoms with van der Waals surface area (Å²) in [5.74, 6) is -3.47. The van der Waals surface area contributed by atoms with Gasteiger partial charge in [0, 0.05) is 31.6 Å². The second kappa shape index (κ2) is 7.62. The molecule has 1 N–H and O–H groups in total. The lowest BCUT2D eigenvalue weighted by Crippen LogP contribution is -2.53. The lowest BCUT2D eigenvalue weighted by Gasteiger charge is -2.38. The molecule has 1 aliphatic rings. The molecule has 0 aromatic heterocycles. The van der Waals surface area contributed by atoms with Crippen molar-refractivity contribution in [2.45, 2.75) is 44.2 Å². The third-order valence-corrected chi connectivity index (χ3v) is 5.02. The maximum Gasteiger partial charge on any atom is 0.252 e. The number of likely N-dealkylation sites (N-methyl/N-ethyl adjacent to an activating group) is 1. The lowest BCUT2D eigenvalue weighted by atomic mass is 9.87. The summed E-state index contributed by atoms with van der Waals surface area (Å²) in [7, 11) is 1.71. The topological polar surface area (TPSA) is 32.3 Å². The third kappa shape index (κ3) is 4.26. The minimum Gasteiger partial charge on any atom is -0.359 e. The van der Waals surface area contributed by atoms with Crippen molar-refractivity contribution in [3.63, 3.8) is 0 Å². The fourth-order valence-corrected chi connectivity index (χ4v) is 3.54. The Hall–Kier alpha value is -2.50. The van der Waals surface area contributed by atoms with Gasteiger partial charge in [-0.2, -0.15) is 0 Å². The molecule has 1 fully saturated rings. The van der Waals surface area contributed by atoms with Gasteiger partial charge >= 0.3 is 0 Å². The number of halogens is 3. The zero-order valence-electron chi connectivity index (χ0n) is 15.4. The van der Waals surface area contributed by atoms with E-state index >= 15 is 0 Å². The minimum atomic E-state index is -2.71. The molecule has 0 bridgehead atoms. The molecule has 0 aliphatic heterocycles. The molecule has 2 aromatic carbocycles. The maximum atomic E-state index is 13.7. The average Bonchev–Trinajstić information content (AvgIpc) is 2.60. The Morgan fingerprint density at radius 2 is 1.93 bits per heavy atom. The van der Waals surface area contributed by atoms with E-state index in [0.29, 0.717) is 5.69 Å². The van der Waals surface area contributed by atoms with Crippen LogP contribution in [0.5, 0.6) is 0 Å². The van der Waals surface area contributed by atoms with Crippen LogP contribution in [0.2, 0.25) is 0 Å². The normalized spacial score (nSPS) is 17.1. The Morgan fingerprint density at radius 1 is 1.22 bits per heavy atom. The number of aryl methyl sites for hydroxylation is 1. The zero-order valence-corrected chi connectivity index (χ0v) is 15.4. The number of nitrogens with zero attached hydrogens (tertiary/aromatic N) is 1. The first-order valence-electron chi connectivity index (χ1n) is 9.05. The van der Waals surface area contributed by atoms with Crippen LogP contribution in [0.3, 0.4) is 0 Å². The van der Waals surface area contributed by atoms with Crippen LogP contribution < -0.4 is 10.2 Å². The third-order valence-electron chi connectivity index (χ3n) is 5.02. The second-order valence-electron chi connectivity index (χ2n) is 7.02. The number of benzene rings is 2. The molecule has 1 amide bonds. The van der Waals surface area contributed by atoms with Crippen molar-refractivity contribution in [2.75, 3.05) is 11.9 Å². The first kappa shape index (κ1) is 19.3. The molecule has 1 aliphatic carbocycles. The SMILES string of the molecule is CCc1ccccc1C(C(=O)NC1CC(F)(F)C1)N(C)c1cccc(F)c1. The van der Waals surface area contributed by atoms with Crippen LogP contribution in [0.4, 0.5) is 18.9 Å². The molecule has 3 nitrogen and oxygen atoms in total. The summed E-state index contributed by atoms with van der Waals surface area (Å²) in [5, 5.41) is 2.73. The molecule has 0 radical (unpaired) electrons. The summed E-state index contributed by atoms with van der Waals surface area (Å²) >= 11 is 0. The van der Waals surface area contributed by atoms with Crippen molar-refractivity contribution >= 4 is 11.6 Å². The van der Waals surface area contributed by atoms with E-state index in [-0.39, 0.29) is 18.7 Å². The molecule has 0 heterocycles. The molecule has 6 heteroatoms. The van der Waals surface area contributed by atoms with Gasteiger partial charge in [-0.25, -0.2) is 13.2 Å². The van der Waals surface area contributed by atoms with Crippen LogP contribution in [0.1, 0.15) is 36.9 Å². The fraction of sp³-hybridized carbons (Fsp3) is 0.381. The molecular weight excluding hydrogens is 353 g/mol. The number of amides is 1. The number of hydrogen-bond acceptors (Lipinski definition) is 2. The van der Waals surface area contributed by atoms with Crippen molar-refractivity contribution in [2.24, 2.45) is 0 Å². The molecule has 3 rings (SSSR count). The summed E-state index contributed by atoms with van der Waals surface area (Å²) in [6, 6.07) is 12.2. The Kier molecular flexibility index (Phi) is 5.44. The van der Waals surface area contributed by atoms with E-state index in [1.807, 2.05) is 31.2 Å². The predicted molar refractivity (Wildman–Crippen MR) is 99.5 cm³/mol. The van der Waals surface area contributed by atoms with Crippen LogP contribution in [-0.2, 0) is 11.2 Å². The van der Waals surface area contributed by atoms with E-state index in [4.69, 9.17) is 0 Å². The van der Waals surface area contributed by atoms with Gasteiger partial charge in [0.15, 0.2) is 0 Å². The standard InChI is InChI=1S/C21H23F3N2O/c1-3-14-7-4-5-10-18(14)19(20(27)25-16-12-21(23,24)13-16)26(2)17-9-6-8-15(22)11-17/h4-11,16,19H,3,12-13H2,1-2H3,(H,25,27). The van der Waals surface area contributed by atoms with Crippen molar-refractivity contribution in [3.8, 4) is 0 Å². The van der Waals surface area contributed by atoms with Gasteiger partial charge in [-0.15, -0.1) is 0 Å². The molecule has 0 spiro atoms. The Balaban J connectivity index is 1.92. The number of alkyl halides is 2. The number of rotatable bonds is 6. The molecule has 0 saturated heterocycles. The van der Waals surface area contributed by atoms with Gasteiger partial charge in [-0.3, -0.25) is 4.79 Å². The van der Waals surface area contributed by atoms with Gasteiger partial charge in [0.05, 0.1) is 0 Å². The van der Waals surface area contributed by atoms with Gasteiger partial charge in [-0.1, -0.05) is 37.3 Å². The van der Waals surface area contributed by atoms with E-state index in [1.165, 1.54) is 12.1 Å². The quantitative estimate of drug-likeness (QED) is 0.806. The molecule has 27 heavy (non-hydrogen) atoms. The first-order chi connectivity index (χ1) is 12.8. The number of hydrogen-bond donors (Lipinski definition) is 1. The summed E-state index contributed by atoms with van der Waals surface area (Å²) in [4.78, 5) is 14.7. The lowest BCUT2D eigenvalue weighted by molar-refractivity contribution is -0.130. The number of carbonyl (C=O) groups is 1. The predicted octanol–water partition coefficient (Wildman–Crippen LogP) is 4.48.